The van der Waals surface area contributed by atoms with Gasteiger partial charge in [-0.2, -0.15) is 0 Å². The Balaban J connectivity index is 1.87. The zero-order chi connectivity index (χ0) is 18.2. The van der Waals surface area contributed by atoms with Crippen LogP contribution in [0.2, 0.25) is 5.02 Å². The smallest absolute Gasteiger partial charge is 0.303 e. The van der Waals surface area contributed by atoms with Crippen molar-refractivity contribution in [1.82, 2.24) is 0 Å². The number of aliphatic carboxylic acids is 1. The first-order chi connectivity index (χ1) is 12.0. The van der Waals surface area contributed by atoms with Crippen molar-refractivity contribution in [3.8, 4) is 0 Å². The van der Waals surface area contributed by atoms with E-state index in [2.05, 4.69) is 0 Å². The van der Waals surface area contributed by atoms with Crippen LogP contribution >= 0.6 is 11.6 Å². The first-order valence-corrected chi connectivity index (χ1v) is 9.21. The standard InChI is InChI=1S/C20H25ClO4/c21-15-7-5-6-14(12-15)10-11-17-16(18(22)13-19(17)23)8-3-1-2-4-9-20(24)25/h5-7,10-12,16-17,19,23H,1-4,8-9,13H2,(H,24,25)/t16-,17-,19+/m0/s1. The van der Waals surface area contributed by atoms with Crippen LogP contribution in [0, 0.1) is 11.8 Å². The first kappa shape index (κ1) is 19.7. The predicted molar refractivity (Wildman–Crippen MR) is 98.4 cm³/mol. The molecule has 0 bridgehead atoms. The van der Waals surface area contributed by atoms with Crippen LogP contribution in [0.25, 0.3) is 6.08 Å². The summed E-state index contributed by atoms with van der Waals surface area (Å²) in [4.78, 5) is 22.7. The van der Waals surface area contributed by atoms with E-state index in [9.17, 15) is 14.7 Å². The van der Waals surface area contributed by atoms with Crippen LogP contribution in [0.1, 0.15) is 50.5 Å². The molecule has 0 aliphatic heterocycles. The number of unbranched alkanes of at least 4 members (excludes halogenated alkanes) is 3. The van der Waals surface area contributed by atoms with Crippen molar-refractivity contribution < 1.29 is 19.8 Å². The van der Waals surface area contributed by atoms with E-state index in [0.717, 1.165) is 31.2 Å². The minimum Gasteiger partial charge on any atom is -0.481 e. The molecule has 1 aromatic carbocycles. The van der Waals surface area contributed by atoms with Crippen molar-refractivity contribution in [2.45, 2.75) is 51.0 Å². The molecule has 5 heteroatoms. The van der Waals surface area contributed by atoms with Crippen LogP contribution in [0.4, 0.5) is 0 Å². The highest BCUT2D eigenvalue weighted by atomic mass is 35.5. The minimum atomic E-state index is -0.764. The summed E-state index contributed by atoms with van der Waals surface area (Å²) in [7, 11) is 0. The molecule has 0 spiro atoms. The Labute approximate surface area is 153 Å². The van der Waals surface area contributed by atoms with Crippen LogP contribution in [-0.2, 0) is 9.59 Å². The van der Waals surface area contributed by atoms with Crippen molar-refractivity contribution in [2.24, 2.45) is 11.8 Å². The third kappa shape index (κ3) is 6.29. The summed E-state index contributed by atoms with van der Waals surface area (Å²) in [6.45, 7) is 0. The largest absolute Gasteiger partial charge is 0.481 e. The van der Waals surface area contributed by atoms with Gasteiger partial charge in [0.05, 0.1) is 6.10 Å². The second-order valence-corrected chi connectivity index (χ2v) is 7.12. The van der Waals surface area contributed by atoms with E-state index < -0.39 is 12.1 Å². The number of benzene rings is 1. The number of hydrogen-bond donors (Lipinski definition) is 2. The lowest BCUT2D eigenvalue weighted by Gasteiger charge is -2.17. The normalized spacial score (nSPS) is 23.4. The van der Waals surface area contributed by atoms with E-state index >= 15 is 0 Å². The molecule has 0 aromatic heterocycles. The highest BCUT2D eigenvalue weighted by molar-refractivity contribution is 6.30. The van der Waals surface area contributed by atoms with Crippen molar-refractivity contribution in [2.75, 3.05) is 0 Å². The molecule has 0 radical (unpaired) electrons. The van der Waals surface area contributed by atoms with Gasteiger partial charge in [0, 0.05) is 29.7 Å². The van der Waals surface area contributed by atoms with Gasteiger partial charge in [-0.05, 0) is 30.5 Å². The van der Waals surface area contributed by atoms with Gasteiger partial charge in [-0.25, -0.2) is 0 Å². The molecule has 0 unspecified atom stereocenters. The molecule has 1 aromatic rings. The van der Waals surface area contributed by atoms with E-state index in [4.69, 9.17) is 16.7 Å². The van der Waals surface area contributed by atoms with E-state index in [-0.39, 0.29) is 30.5 Å². The van der Waals surface area contributed by atoms with Gasteiger partial charge in [-0.1, -0.05) is 55.1 Å². The summed E-state index contributed by atoms with van der Waals surface area (Å²) in [5, 5.41) is 19.5. The lowest BCUT2D eigenvalue weighted by molar-refractivity contribution is -0.137. The predicted octanol–water partition coefficient (Wildman–Crippen LogP) is 4.34. The molecule has 1 fully saturated rings. The van der Waals surface area contributed by atoms with Gasteiger partial charge in [0.2, 0.25) is 0 Å². The first-order valence-electron chi connectivity index (χ1n) is 8.83. The second kappa shape index (κ2) is 9.73. The fourth-order valence-electron chi connectivity index (χ4n) is 3.42. The Kier molecular flexibility index (Phi) is 7.66. The van der Waals surface area contributed by atoms with Crippen molar-refractivity contribution in [1.29, 1.82) is 0 Å². The topological polar surface area (TPSA) is 74.6 Å². The summed E-state index contributed by atoms with van der Waals surface area (Å²) in [6.07, 6.45) is 7.71. The summed E-state index contributed by atoms with van der Waals surface area (Å²) >= 11 is 5.98. The number of carbonyl (C=O) groups excluding carboxylic acids is 1. The molecule has 3 atom stereocenters. The molecule has 25 heavy (non-hydrogen) atoms. The number of halogens is 1. The Bertz CT molecular complexity index is 626. The van der Waals surface area contributed by atoms with Crippen LogP contribution in [0.3, 0.4) is 0 Å². The van der Waals surface area contributed by atoms with Gasteiger partial charge < -0.3 is 10.2 Å². The molecule has 2 rings (SSSR count). The minimum absolute atomic E-state index is 0.124. The van der Waals surface area contributed by atoms with Crippen molar-refractivity contribution in [3.63, 3.8) is 0 Å². The number of aliphatic hydroxyl groups excluding tert-OH is 1. The van der Waals surface area contributed by atoms with Gasteiger partial charge in [-0.15, -0.1) is 0 Å². The number of carbonyl (C=O) groups is 2. The Morgan fingerprint density at radius 1 is 1.24 bits per heavy atom. The van der Waals surface area contributed by atoms with Crippen molar-refractivity contribution >= 4 is 29.4 Å². The second-order valence-electron chi connectivity index (χ2n) is 6.68. The van der Waals surface area contributed by atoms with Crippen LogP contribution in [-0.4, -0.2) is 28.1 Å². The molecular formula is C20H25ClO4. The van der Waals surface area contributed by atoms with E-state index in [1.807, 2.05) is 30.4 Å². The van der Waals surface area contributed by atoms with Gasteiger partial charge in [0.25, 0.3) is 0 Å². The van der Waals surface area contributed by atoms with Gasteiger partial charge in [0.15, 0.2) is 0 Å². The number of hydrogen-bond acceptors (Lipinski definition) is 3. The SMILES string of the molecule is O=C(O)CCCCCC[C@@H]1C(=O)C[C@@H](O)[C@H]1C=Cc1cccc(Cl)c1. The van der Waals surface area contributed by atoms with Crippen molar-refractivity contribution in [3.05, 3.63) is 40.9 Å². The maximum Gasteiger partial charge on any atom is 0.303 e. The van der Waals surface area contributed by atoms with Gasteiger partial charge >= 0.3 is 5.97 Å². The molecule has 4 nitrogen and oxygen atoms in total. The molecule has 136 valence electrons. The van der Waals surface area contributed by atoms with Crippen LogP contribution in [0.5, 0.6) is 0 Å². The van der Waals surface area contributed by atoms with Gasteiger partial charge in [0.1, 0.15) is 5.78 Å². The average molecular weight is 365 g/mol. The summed E-state index contributed by atoms with van der Waals surface area (Å²) in [5.74, 6) is -0.950. The van der Waals surface area contributed by atoms with E-state index in [1.165, 1.54) is 0 Å². The molecule has 2 N–H and O–H groups in total. The highest BCUT2D eigenvalue weighted by Gasteiger charge is 2.39. The maximum atomic E-state index is 12.2. The molecule has 1 saturated carbocycles. The van der Waals surface area contributed by atoms with Gasteiger partial charge in [-0.3, -0.25) is 9.59 Å². The molecule has 1 aliphatic rings. The number of rotatable bonds is 9. The third-order valence-electron chi connectivity index (χ3n) is 4.75. The zero-order valence-electron chi connectivity index (χ0n) is 14.2. The molecule has 0 amide bonds. The molecule has 1 aliphatic carbocycles. The summed E-state index contributed by atoms with van der Waals surface area (Å²) in [5.41, 5.74) is 0.950. The summed E-state index contributed by atoms with van der Waals surface area (Å²) < 4.78 is 0. The van der Waals surface area contributed by atoms with Crippen LogP contribution < -0.4 is 0 Å². The number of carboxylic acid groups (broad SMARTS) is 1. The maximum absolute atomic E-state index is 12.2. The molecule has 0 heterocycles. The summed E-state index contributed by atoms with van der Waals surface area (Å²) in [6, 6.07) is 7.45. The number of Topliss-reactive ketones (excluding diaryl/α,β-unsaturated/α-hetero) is 1. The monoisotopic (exact) mass is 364 g/mol. The lowest BCUT2D eigenvalue weighted by Crippen LogP contribution is -2.18. The zero-order valence-corrected chi connectivity index (χ0v) is 15.0. The molecular weight excluding hydrogens is 340 g/mol. The molecule has 0 saturated heterocycles. The fourth-order valence-corrected chi connectivity index (χ4v) is 3.62. The van der Waals surface area contributed by atoms with Crippen LogP contribution in [0.15, 0.2) is 30.3 Å². The number of ketones is 1. The van der Waals surface area contributed by atoms with E-state index in [0.29, 0.717) is 11.4 Å². The average Bonchev–Trinajstić information content (AvgIpc) is 2.82. The third-order valence-corrected chi connectivity index (χ3v) is 4.98. The fraction of sp³-hybridized carbons (Fsp3) is 0.500. The number of carboxylic acids is 1. The Hall–Kier alpha value is -1.65. The highest BCUT2D eigenvalue weighted by Crippen LogP contribution is 2.34. The lowest BCUT2D eigenvalue weighted by atomic mass is 9.88. The number of aliphatic hydroxyl groups is 1. The Morgan fingerprint density at radius 2 is 2.00 bits per heavy atom. The quantitative estimate of drug-likeness (QED) is 0.639. The van der Waals surface area contributed by atoms with E-state index in [1.54, 1.807) is 6.07 Å². The Morgan fingerprint density at radius 3 is 2.72 bits per heavy atom.